The Morgan fingerprint density at radius 2 is 2.50 bits per heavy atom. The molecule has 52 valence electrons. The number of hydrogen-bond donors (Lipinski definition) is 1. The maximum atomic E-state index is 10.1. The fraction of sp³-hybridized carbons (Fsp3) is 0.167. The van der Waals surface area contributed by atoms with Crippen molar-refractivity contribution in [2.45, 2.75) is 6.04 Å². The van der Waals surface area contributed by atoms with Gasteiger partial charge in [0.15, 0.2) is 0 Å². The van der Waals surface area contributed by atoms with E-state index in [4.69, 9.17) is 5.73 Å². The van der Waals surface area contributed by atoms with Gasteiger partial charge in [0.2, 0.25) is 0 Å². The minimum absolute atomic E-state index is 0.546. The normalized spacial score (nSPS) is 12.5. The zero-order valence-corrected chi connectivity index (χ0v) is 5.27. The summed E-state index contributed by atoms with van der Waals surface area (Å²) < 4.78 is 0. The van der Waals surface area contributed by atoms with Crippen LogP contribution in [-0.2, 0) is 4.79 Å². The molecule has 2 N–H and O–H groups in total. The SMILES string of the molecule is NC(C=O)c1ccncn1. The molecular weight excluding hydrogens is 130 g/mol. The van der Waals surface area contributed by atoms with Crippen LogP contribution < -0.4 is 5.73 Å². The van der Waals surface area contributed by atoms with Crippen molar-refractivity contribution in [2.24, 2.45) is 5.73 Å². The Kier molecular flexibility index (Phi) is 2.07. The molecule has 0 aliphatic carbocycles. The molecule has 1 aromatic heterocycles. The maximum absolute atomic E-state index is 10.1. The van der Waals surface area contributed by atoms with Gasteiger partial charge < -0.3 is 10.5 Å². The lowest BCUT2D eigenvalue weighted by Gasteiger charge is -1.99. The molecule has 0 saturated carbocycles. The number of hydrogen-bond acceptors (Lipinski definition) is 4. The van der Waals surface area contributed by atoms with Crippen molar-refractivity contribution >= 4 is 6.29 Å². The Bertz CT molecular complexity index is 211. The van der Waals surface area contributed by atoms with E-state index >= 15 is 0 Å². The van der Waals surface area contributed by atoms with Crippen molar-refractivity contribution in [3.8, 4) is 0 Å². The Balaban J connectivity index is 2.84. The quantitative estimate of drug-likeness (QED) is 0.567. The summed E-state index contributed by atoms with van der Waals surface area (Å²) in [5, 5.41) is 0. The van der Waals surface area contributed by atoms with Gasteiger partial charge in [-0.05, 0) is 6.07 Å². The number of carbonyl (C=O) groups excluding carboxylic acids is 1. The molecule has 10 heavy (non-hydrogen) atoms. The molecule has 4 nitrogen and oxygen atoms in total. The molecule has 1 unspecified atom stereocenters. The summed E-state index contributed by atoms with van der Waals surface area (Å²) in [6.45, 7) is 0. The first-order chi connectivity index (χ1) is 4.84. The van der Waals surface area contributed by atoms with Crippen molar-refractivity contribution in [3.63, 3.8) is 0 Å². The predicted molar refractivity (Wildman–Crippen MR) is 35.0 cm³/mol. The third-order valence-corrected chi connectivity index (χ3v) is 1.09. The third kappa shape index (κ3) is 1.35. The summed E-state index contributed by atoms with van der Waals surface area (Å²) in [5.74, 6) is 0. The second kappa shape index (κ2) is 3.03. The fourth-order valence-corrected chi connectivity index (χ4v) is 0.568. The van der Waals surface area contributed by atoms with Crippen molar-refractivity contribution in [2.75, 3.05) is 0 Å². The van der Waals surface area contributed by atoms with Crippen LogP contribution in [0.5, 0.6) is 0 Å². The van der Waals surface area contributed by atoms with Gasteiger partial charge >= 0.3 is 0 Å². The van der Waals surface area contributed by atoms with Crippen LogP contribution in [0.15, 0.2) is 18.6 Å². The predicted octanol–water partition coefficient (Wildman–Crippen LogP) is -0.325. The van der Waals surface area contributed by atoms with E-state index in [9.17, 15) is 4.79 Å². The minimum atomic E-state index is -0.622. The Morgan fingerprint density at radius 3 is 3.00 bits per heavy atom. The lowest BCUT2D eigenvalue weighted by atomic mass is 10.2. The van der Waals surface area contributed by atoms with E-state index in [1.54, 1.807) is 12.3 Å². The highest BCUT2D eigenvalue weighted by molar-refractivity contribution is 5.59. The van der Waals surface area contributed by atoms with Crippen LogP contribution in [0.4, 0.5) is 0 Å². The maximum Gasteiger partial charge on any atom is 0.142 e. The lowest BCUT2D eigenvalue weighted by Crippen LogP contribution is -2.12. The number of rotatable bonds is 2. The van der Waals surface area contributed by atoms with Gasteiger partial charge in [0.1, 0.15) is 18.7 Å². The zero-order valence-electron chi connectivity index (χ0n) is 5.27. The van der Waals surface area contributed by atoms with Crippen LogP contribution >= 0.6 is 0 Å². The Morgan fingerprint density at radius 1 is 1.70 bits per heavy atom. The average molecular weight is 137 g/mol. The van der Waals surface area contributed by atoms with E-state index in [2.05, 4.69) is 9.97 Å². The van der Waals surface area contributed by atoms with E-state index in [1.165, 1.54) is 6.33 Å². The molecule has 1 heterocycles. The molecule has 1 atom stereocenters. The van der Waals surface area contributed by atoms with Crippen molar-refractivity contribution in [1.82, 2.24) is 9.97 Å². The van der Waals surface area contributed by atoms with Crippen LogP contribution in [0, 0.1) is 0 Å². The molecule has 0 aliphatic heterocycles. The standard InChI is InChI=1S/C6H7N3O/c7-5(3-10)6-1-2-8-4-9-6/h1-5H,7H2. The molecule has 0 aliphatic rings. The van der Waals surface area contributed by atoms with Gasteiger partial charge in [-0.15, -0.1) is 0 Å². The Hall–Kier alpha value is -1.29. The van der Waals surface area contributed by atoms with Gasteiger partial charge in [0.25, 0.3) is 0 Å². The van der Waals surface area contributed by atoms with Gasteiger partial charge in [-0.1, -0.05) is 0 Å². The first kappa shape index (κ1) is 6.82. The zero-order chi connectivity index (χ0) is 7.40. The van der Waals surface area contributed by atoms with Crippen LogP contribution in [0.2, 0.25) is 0 Å². The van der Waals surface area contributed by atoms with Gasteiger partial charge in [0, 0.05) is 6.20 Å². The summed E-state index contributed by atoms with van der Waals surface area (Å²) in [4.78, 5) is 17.6. The summed E-state index contributed by atoms with van der Waals surface area (Å²) in [7, 11) is 0. The molecular formula is C6H7N3O. The molecule has 1 aromatic rings. The van der Waals surface area contributed by atoms with Gasteiger partial charge in [0.05, 0.1) is 5.69 Å². The second-order valence-electron chi connectivity index (χ2n) is 1.80. The second-order valence-corrected chi connectivity index (χ2v) is 1.80. The topological polar surface area (TPSA) is 68.9 Å². The molecule has 1 rings (SSSR count). The summed E-state index contributed by atoms with van der Waals surface area (Å²) in [6.07, 6.45) is 3.55. The van der Waals surface area contributed by atoms with Crippen LogP contribution in [0.25, 0.3) is 0 Å². The van der Waals surface area contributed by atoms with Gasteiger partial charge in [-0.3, -0.25) is 0 Å². The summed E-state index contributed by atoms with van der Waals surface area (Å²) >= 11 is 0. The third-order valence-electron chi connectivity index (χ3n) is 1.09. The molecule has 0 aromatic carbocycles. The van der Waals surface area contributed by atoms with Gasteiger partial charge in [-0.2, -0.15) is 0 Å². The van der Waals surface area contributed by atoms with E-state index < -0.39 is 6.04 Å². The molecule has 0 spiro atoms. The monoisotopic (exact) mass is 137 g/mol. The summed E-state index contributed by atoms with van der Waals surface area (Å²) in [6, 6.07) is 0.988. The van der Waals surface area contributed by atoms with Crippen molar-refractivity contribution in [3.05, 3.63) is 24.3 Å². The number of carbonyl (C=O) groups is 1. The first-order valence-corrected chi connectivity index (χ1v) is 2.81. The van der Waals surface area contributed by atoms with E-state index in [0.29, 0.717) is 12.0 Å². The highest BCUT2D eigenvalue weighted by atomic mass is 16.1. The molecule has 4 heteroatoms. The van der Waals surface area contributed by atoms with E-state index in [0.717, 1.165) is 0 Å². The average Bonchev–Trinajstić information content (AvgIpc) is 2.05. The number of nitrogens with two attached hydrogens (primary N) is 1. The molecule has 0 bridgehead atoms. The number of aromatic nitrogens is 2. The summed E-state index contributed by atoms with van der Waals surface area (Å²) in [5.41, 5.74) is 5.88. The Labute approximate surface area is 58.1 Å². The van der Waals surface area contributed by atoms with Crippen molar-refractivity contribution in [1.29, 1.82) is 0 Å². The van der Waals surface area contributed by atoms with Gasteiger partial charge in [-0.25, -0.2) is 9.97 Å². The van der Waals surface area contributed by atoms with E-state index in [-0.39, 0.29) is 0 Å². The fourth-order valence-electron chi connectivity index (χ4n) is 0.568. The highest BCUT2D eigenvalue weighted by Gasteiger charge is 2.02. The van der Waals surface area contributed by atoms with E-state index in [1.807, 2.05) is 0 Å². The molecule has 0 saturated heterocycles. The van der Waals surface area contributed by atoms with Crippen LogP contribution in [-0.4, -0.2) is 16.3 Å². The molecule has 0 fully saturated rings. The smallest absolute Gasteiger partial charge is 0.142 e. The number of aldehydes is 1. The minimum Gasteiger partial charge on any atom is -0.317 e. The largest absolute Gasteiger partial charge is 0.317 e. The van der Waals surface area contributed by atoms with Crippen LogP contribution in [0.3, 0.4) is 0 Å². The molecule has 0 amide bonds. The lowest BCUT2D eigenvalue weighted by molar-refractivity contribution is -0.109. The van der Waals surface area contributed by atoms with Crippen molar-refractivity contribution < 1.29 is 4.79 Å². The number of nitrogens with zero attached hydrogens (tertiary/aromatic N) is 2. The van der Waals surface area contributed by atoms with Crippen LogP contribution in [0.1, 0.15) is 11.7 Å². The highest BCUT2D eigenvalue weighted by Crippen LogP contribution is 1.99. The molecule has 0 radical (unpaired) electrons. The first-order valence-electron chi connectivity index (χ1n) is 2.81.